The van der Waals surface area contributed by atoms with Crippen LogP contribution in [0.5, 0.6) is 0 Å². The minimum Gasteiger partial charge on any atom is -0.332 e. The summed E-state index contributed by atoms with van der Waals surface area (Å²) in [4.78, 5) is 22.5. The Bertz CT molecular complexity index is 503. The van der Waals surface area contributed by atoms with Gasteiger partial charge in [-0.1, -0.05) is 19.4 Å². The summed E-state index contributed by atoms with van der Waals surface area (Å²) < 4.78 is 0. The summed E-state index contributed by atoms with van der Waals surface area (Å²) in [6.07, 6.45) is 2.27. The van der Waals surface area contributed by atoms with Crippen molar-refractivity contribution in [3.05, 3.63) is 24.3 Å². The molecule has 0 aliphatic rings. The first-order valence-corrected chi connectivity index (χ1v) is 6.90. The van der Waals surface area contributed by atoms with Crippen molar-refractivity contribution >= 4 is 40.5 Å². The Morgan fingerprint density at radius 3 is 2.45 bits per heavy atom. The van der Waals surface area contributed by atoms with Crippen LogP contribution in [-0.4, -0.2) is 16.9 Å². The number of anilines is 2. The Labute approximate surface area is 124 Å². The maximum Gasteiger partial charge on any atom is 0.226 e. The number of thiocarbonyl (C=S) groups is 1. The second kappa shape index (κ2) is 8.27. The molecule has 2 amide bonds. The highest BCUT2D eigenvalue weighted by Crippen LogP contribution is 2.14. The lowest BCUT2D eigenvalue weighted by molar-refractivity contribution is -0.119. The minimum absolute atomic E-state index is 0.0950. The highest BCUT2D eigenvalue weighted by atomic mass is 32.1. The van der Waals surface area contributed by atoms with Crippen molar-refractivity contribution in [3.63, 3.8) is 0 Å². The highest BCUT2D eigenvalue weighted by molar-refractivity contribution is 7.80. The van der Waals surface area contributed by atoms with E-state index in [0.29, 0.717) is 17.8 Å². The molecule has 1 rings (SSSR count). The second-order valence-electron chi connectivity index (χ2n) is 4.37. The minimum atomic E-state index is -0.141. The summed E-state index contributed by atoms with van der Waals surface area (Å²) in [5.74, 6) is -0.236. The SMILES string of the molecule is CCCCC(=O)NC(=S)Nc1cccc(NC(C)=O)c1. The normalized spacial score (nSPS) is 9.70. The molecule has 0 heterocycles. The zero-order chi connectivity index (χ0) is 15.0. The zero-order valence-electron chi connectivity index (χ0n) is 11.7. The Morgan fingerprint density at radius 1 is 1.20 bits per heavy atom. The van der Waals surface area contributed by atoms with Gasteiger partial charge in [-0.05, 0) is 36.8 Å². The molecule has 0 unspecified atom stereocenters. The number of carbonyl (C=O) groups is 2. The van der Waals surface area contributed by atoms with Crippen LogP contribution in [0, 0.1) is 0 Å². The third-order valence-corrected chi connectivity index (χ3v) is 2.66. The lowest BCUT2D eigenvalue weighted by atomic mass is 10.2. The number of hydrogen-bond donors (Lipinski definition) is 3. The van der Waals surface area contributed by atoms with Crippen LogP contribution >= 0.6 is 12.2 Å². The van der Waals surface area contributed by atoms with Crippen molar-refractivity contribution in [1.29, 1.82) is 0 Å². The van der Waals surface area contributed by atoms with Gasteiger partial charge in [-0.25, -0.2) is 0 Å². The molecule has 0 bridgehead atoms. The van der Waals surface area contributed by atoms with E-state index < -0.39 is 0 Å². The van der Waals surface area contributed by atoms with Gasteiger partial charge >= 0.3 is 0 Å². The first kappa shape index (κ1) is 16.1. The summed E-state index contributed by atoms with van der Waals surface area (Å²) in [6, 6.07) is 7.10. The summed E-state index contributed by atoms with van der Waals surface area (Å²) in [7, 11) is 0. The topological polar surface area (TPSA) is 70.2 Å². The molecular formula is C14H19N3O2S. The molecule has 1 aromatic rings. The molecule has 0 saturated heterocycles. The van der Waals surface area contributed by atoms with Crippen molar-refractivity contribution in [2.24, 2.45) is 0 Å². The number of rotatable bonds is 5. The number of amides is 2. The lowest BCUT2D eigenvalue weighted by Gasteiger charge is -2.10. The van der Waals surface area contributed by atoms with Crippen molar-refractivity contribution in [2.45, 2.75) is 33.1 Å². The van der Waals surface area contributed by atoms with Crippen molar-refractivity contribution in [3.8, 4) is 0 Å². The van der Waals surface area contributed by atoms with Gasteiger partial charge in [0.2, 0.25) is 11.8 Å². The van der Waals surface area contributed by atoms with E-state index in [2.05, 4.69) is 16.0 Å². The molecular weight excluding hydrogens is 274 g/mol. The molecule has 0 atom stereocenters. The summed E-state index contributed by atoms with van der Waals surface area (Å²) in [5, 5.41) is 8.46. The lowest BCUT2D eigenvalue weighted by Crippen LogP contribution is -2.33. The monoisotopic (exact) mass is 293 g/mol. The highest BCUT2D eigenvalue weighted by Gasteiger charge is 2.04. The predicted molar refractivity (Wildman–Crippen MR) is 84.6 cm³/mol. The van der Waals surface area contributed by atoms with E-state index in [1.807, 2.05) is 6.92 Å². The molecule has 20 heavy (non-hydrogen) atoms. The van der Waals surface area contributed by atoms with E-state index >= 15 is 0 Å². The average molecular weight is 293 g/mol. The zero-order valence-corrected chi connectivity index (χ0v) is 12.5. The molecule has 1 aromatic carbocycles. The van der Waals surface area contributed by atoms with E-state index in [0.717, 1.165) is 12.8 Å². The predicted octanol–water partition coefficient (Wildman–Crippen LogP) is 2.65. The first-order valence-electron chi connectivity index (χ1n) is 6.49. The van der Waals surface area contributed by atoms with E-state index in [4.69, 9.17) is 12.2 Å². The molecule has 3 N–H and O–H groups in total. The van der Waals surface area contributed by atoms with Gasteiger partial charge in [-0.15, -0.1) is 0 Å². The molecule has 0 fully saturated rings. The molecule has 0 spiro atoms. The Balaban J connectivity index is 2.53. The molecule has 0 aliphatic heterocycles. The van der Waals surface area contributed by atoms with Gasteiger partial charge in [0.05, 0.1) is 0 Å². The number of unbranched alkanes of at least 4 members (excludes halogenated alkanes) is 1. The maximum atomic E-state index is 11.5. The van der Waals surface area contributed by atoms with Gasteiger partial charge in [0, 0.05) is 24.7 Å². The van der Waals surface area contributed by atoms with Crippen LogP contribution in [0.15, 0.2) is 24.3 Å². The van der Waals surface area contributed by atoms with Crippen LogP contribution in [0.25, 0.3) is 0 Å². The van der Waals surface area contributed by atoms with E-state index in [1.165, 1.54) is 6.92 Å². The fourth-order valence-corrected chi connectivity index (χ4v) is 1.80. The van der Waals surface area contributed by atoms with Gasteiger partial charge in [-0.3, -0.25) is 9.59 Å². The van der Waals surface area contributed by atoms with Gasteiger partial charge < -0.3 is 16.0 Å². The number of benzene rings is 1. The molecule has 0 saturated carbocycles. The fourth-order valence-electron chi connectivity index (χ4n) is 1.57. The van der Waals surface area contributed by atoms with E-state index in [1.54, 1.807) is 24.3 Å². The van der Waals surface area contributed by atoms with Crippen LogP contribution in [0.4, 0.5) is 11.4 Å². The van der Waals surface area contributed by atoms with E-state index in [9.17, 15) is 9.59 Å². The molecule has 0 aliphatic carbocycles. The van der Waals surface area contributed by atoms with Crippen molar-refractivity contribution in [1.82, 2.24) is 5.32 Å². The summed E-state index contributed by atoms with van der Waals surface area (Å²) >= 11 is 5.06. The number of carbonyl (C=O) groups excluding carboxylic acids is 2. The van der Waals surface area contributed by atoms with Crippen molar-refractivity contribution in [2.75, 3.05) is 10.6 Å². The Morgan fingerprint density at radius 2 is 1.85 bits per heavy atom. The maximum absolute atomic E-state index is 11.5. The largest absolute Gasteiger partial charge is 0.332 e. The third-order valence-electron chi connectivity index (χ3n) is 2.45. The third kappa shape index (κ3) is 6.29. The van der Waals surface area contributed by atoms with Crippen LogP contribution in [0.2, 0.25) is 0 Å². The first-order chi connectivity index (χ1) is 9.51. The van der Waals surface area contributed by atoms with Gasteiger partial charge in [-0.2, -0.15) is 0 Å². The van der Waals surface area contributed by atoms with Crippen molar-refractivity contribution < 1.29 is 9.59 Å². The van der Waals surface area contributed by atoms with Crippen LogP contribution < -0.4 is 16.0 Å². The standard InChI is InChI=1S/C14H19N3O2S/c1-3-4-8-13(19)17-14(20)16-12-7-5-6-11(9-12)15-10(2)18/h5-7,9H,3-4,8H2,1-2H3,(H,15,18)(H2,16,17,19,20). The summed E-state index contributed by atoms with van der Waals surface area (Å²) in [5.41, 5.74) is 1.37. The van der Waals surface area contributed by atoms with Gasteiger partial charge in [0.25, 0.3) is 0 Å². The summed E-state index contributed by atoms with van der Waals surface area (Å²) in [6.45, 7) is 3.47. The van der Waals surface area contributed by atoms with E-state index in [-0.39, 0.29) is 16.9 Å². The molecule has 0 aromatic heterocycles. The second-order valence-corrected chi connectivity index (χ2v) is 4.78. The quantitative estimate of drug-likeness (QED) is 0.730. The molecule has 5 nitrogen and oxygen atoms in total. The fraction of sp³-hybridized carbons (Fsp3) is 0.357. The molecule has 108 valence electrons. The number of hydrogen-bond acceptors (Lipinski definition) is 3. The van der Waals surface area contributed by atoms with Gasteiger partial charge in [0.15, 0.2) is 5.11 Å². The van der Waals surface area contributed by atoms with Crippen LogP contribution in [-0.2, 0) is 9.59 Å². The molecule has 6 heteroatoms. The Hall–Kier alpha value is -1.95. The molecule has 0 radical (unpaired) electrons. The van der Waals surface area contributed by atoms with Crippen LogP contribution in [0.3, 0.4) is 0 Å². The van der Waals surface area contributed by atoms with Gasteiger partial charge in [0.1, 0.15) is 0 Å². The van der Waals surface area contributed by atoms with Crippen LogP contribution in [0.1, 0.15) is 33.1 Å². The Kier molecular flexibility index (Phi) is 6.66. The average Bonchev–Trinajstić information content (AvgIpc) is 2.35. The smallest absolute Gasteiger partial charge is 0.226 e. The number of nitrogens with one attached hydrogen (secondary N) is 3.